The van der Waals surface area contributed by atoms with Crippen LogP contribution < -0.4 is 46.4 Å². The summed E-state index contributed by atoms with van der Waals surface area (Å²) >= 11 is 0. The van der Waals surface area contributed by atoms with Crippen LogP contribution in [0.2, 0.25) is 0 Å². The summed E-state index contributed by atoms with van der Waals surface area (Å²) in [6.07, 6.45) is 8.95. The van der Waals surface area contributed by atoms with Crippen LogP contribution in [-0.4, -0.2) is 0 Å². The van der Waals surface area contributed by atoms with Gasteiger partial charge >= 0.3 is 0 Å². The lowest BCUT2D eigenvalue weighted by Gasteiger charge is -2.19. The minimum absolute atomic E-state index is 0.758. The lowest BCUT2D eigenvalue weighted by atomic mass is 9.85. The van der Waals surface area contributed by atoms with Gasteiger partial charge in [-0.15, -0.1) is 20.5 Å². The molecule has 0 bridgehead atoms. The summed E-state index contributed by atoms with van der Waals surface area (Å²) in [5.74, 6) is 0. The van der Waals surface area contributed by atoms with Crippen LogP contribution in [0.4, 0.5) is 0 Å². The van der Waals surface area contributed by atoms with Gasteiger partial charge in [-0.3, -0.25) is 0 Å². The first kappa shape index (κ1) is 54.3. The normalized spacial score (nSPS) is 11.2. The highest BCUT2D eigenvalue weighted by Crippen LogP contribution is 2.45. The van der Waals surface area contributed by atoms with Crippen LogP contribution in [0.3, 0.4) is 0 Å². The molecule has 78 heavy (non-hydrogen) atoms. The molecule has 0 saturated heterocycles. The zero-order chi connectivity index (χ0) is 54.5. The van der Waals surface area contributed by atoms with Gasteiger partial charge in [0.25, 0.3) is 0 Å². The fourth-order valence-electron chi connectivity index (χ4n) is 9.60. The summed E-state index contributed by atoms with van der Waals surface area (Å²) in [7, 11) is -9.89. The molecule has 0 atom stereocenters. The van der Waals surface area contributed by atoms with E-state index in [9.17, 15) is 0 Å². The fraction of sp³-hybridized carbons (Fsp3) is 0.0303. The number of aromatic nitrogens is 2. The minimum Gasteiger partial charge on any atom is -0.222 e. The Kier molecular flexibility index (Phi) is 17.5. The first-order chi connectivity index (χ1) is 37.7. The van der Waals surface area contributed by atoms with Gasteiger partial charge in [0, 0.05) is 35.4 Å². The van der Waals surface area contributed by atoms with Crippen molar-refractivity contribution in [3.8, 4) is 89.0 Å². The molecule has 12 heteroatoms. The predicted octanol–water partition coefficient (Wildman–Crippen LogP) is 6.18. The maximum absolute atomic E-state index is 8.49. The van der Waals surface area contributed by atoms with Crippen molar-refractivity contribution >= 4 is 0 Å². The van der Waals surface area contributed by atoms with E-state index >= 15 is 0 Å². The van der Waals surface area contributed by atoms with Crippen molar-refractivity contribution in [3.63, 3.8) is 0 Å². The maximum atomic E-state index is 8.49. The summed E-state index contributed by atoms with van der Waals surface area (Å²) in [6, 6.07) is 92.1. The Morgan fingerprint density at radius 3 is 0.667 bits per heavy atom. The molecule has 0 aliphatic rings. The average molecular weight is 1070 g/mol. The largest absolute Gasteiger partial charge is 0.222 e. The quantitative estimate of drug-likeness (QED) is 0.130. The van der Waals surface area contributed by atoms with Crippen molar-refractivity contribution in [1.82, 2.24) is 0 Å². The van der Waals surface area contributed by atoms with Gasteiger partial charge in [0.2, 0.25) is 0 Å². The van der Waals surface area contributed by atoms with Crippen LogP contribution in [0.1, 0.15) is 11.1 Å². The third kappa shape index (κ3) is 14.7. The van der Waals surface area contributed by atoms with E-state index in [1.165, 1.54) is 100 Å². The van der Waals surface area contributed by atoms with E-state index in [0.717, 1.165) is 13.1 Å². The Bertz CT molecular complexity index is 3300. The monoisotopic (exact) mass is 1070 g/mol. The Labute approximate surface area is 457 Å². The van der Waals surface area contributed by atoms with Crippen molar-refractivity contribution < 1.29 is 66.9 Å². The molecule has 10 nitrogen and oxygen atoms in total. The first-order valence-corrected chi connectivity index (χ1v) is 27.2. The molecule has 0 spiro atoms. The number of benzene rings is 9. The highest BCUT2D eigenvalue weighted by atomic mass is 35.7. The number of rotatable bonds is 12. The van der Waals surface area contributed by atoms with Gasteiger partial charge in [-0.25, -0.2) is 46.4 Å². The summed E-state index contributed by atoms with van der Waals surface area (Å²) in [5, 5.41) is 0. The van der Waals surface area contributed by atoms with Gasteiger partial charge in [-0.1, -0.05) is 206 Å². The molecule has 0 saturated carbocycles. The molecular formula is C66H50Cl2N2O8. The van der Waals surface area contributed by atoms with E-state index in [0.29, 0.717) is 0 Å². The van der Waals surface area contributed by atoms with Crippen molar-refractivity contribution in [1.29, 1.82) is 0 Å². The van der Waals surface area contributed by atoms with Crippen molar-refractivity contribution in [3.05, 3.63) is 291 Å². The Morgan fingerprint density at radius 1 is 0.231 bits per heavy atom. The van der Waals surface area contributed by atoms with Crippen LogP contribution in [0, 0.1) is 20.5 Å². The Hall–Kier alpha value is -8.46. The van der Waals surface area contributed by atoms with Gasteiger partial charge in [-0.05, 0) is 113 Å². The molecule has 11 rings (SSSR count). The van der Waals surface area contributed by atoms with Gasteiger partial charge in [-0.2, -0.15) is 0 Å². The van der Waals surface area contributed by atoms with Crippen LogP contribution in [0.25, 0.3) is 89.0 Å². The van der Waals surface area contributed by atoms with Crippen LogP contribution in [-0.2, 0) is 13.1 Å². The van der Waals surface area contributed by atoms with E-state index in [4.69, 9.17) is 37.3 Å². The van der Waals surface area contributed by atoms with E-state index in [1.54, 1.807) is 0 Å². The molecule has 386 valence electrons. The third-order valence-electron chi connectivity index (χ3n) is 13.0. The zero-order valence-electron chi connectivity index (χ0n) is 41.9. The third-order valence-corrected chi connectivity index (χ3v) is 13.0. The first-order valence-electron chi connectivity index (χ1n) is 24.7. The molecule has 0 unspecified atom stereocenters. The number of hydrogen-bond acceptors (Lipinski definition) is 8. The van der Waals surface area contributed by atoms with Crippen molar-refractivity contribution in [2.45, 2.75) is 13.1 Å². The Morgan fingerprint density at radius 2 is 0.436 bits per heavy atom. The highest BCUT2D eigenvalue weighted by Gasteiger charge is 2.21. The summed E-state index contributed by atoms with van der Waals surface area (Å²) in [5.41, 5.74) is 21.9. The lowest BCUT2D eigenvalue weighted by molar-refractivity contribution is -2.00. The standard InChI is InChI=1S/C66H50N2.2ClHO4/c1-7-21-49(22-8-1)59-43-61(51-25-11-3-12-26-51)65(62(44-59)52-27-13-4-14-28-52)55-35-39-67(40-36-55)47-57-33-19-20-34-58(57)48-68-41-37-56(38-42-68)66-63(53-29-15-5-16-30-53)45-60(50-23-9-2-10-24-50)46-64(66)54-31-17-6-18-32-54;2*2-1(3,4)5/h1-46H,47-48H2;2*(H,2,3,4,5)/q+2;;/p-2. The fourth-order valence-corrected chi connectivity index (χ4v) is 9.60. The second kappa shape index (κ2) is 25.1. The maximum Gasteiger partial charge on any atom is 0.174 e. The molecule has 0 fully saturated rings. The SMILES string of the molecule is [O-][Cl+3]([O-])([O-])[O-].[O-][Cl+3]([O-])([O-])[O-].c1ccc(-c2cc(-c3ccccc3)c(-c3cc[n+](Cc4ccccc4C[n+]4ccc(-c5c(-c6ccccc6)cc(-c6ccccc6)cc5-c5ccccc5)cc4)cc3)c(-c3ccccc3)c2)cc1. The molecular weight excluding hydrogens is 1020 g/mol. The molecule has 0 aliphatic carbocycles. The number of nitrogens with zero attached hydrogens (tertiary/aromatic N) is 2. The summed E-state index contributed by atoms with van der Waals surface area (Å²) in [6.45, 7) is 1.52. The van der Waals surface area contributed by atoms with Crippen molar-refractivity contribution in [2.75, 3.05) is 0 Å². The number of halogens is 2. The smallest absolute Gasteiger partial charge is 0.174 e. The molecule has 0 N–H and O–H groups in total. The van der Waals surface area contributed by atoms with Gasteiger partial charge < -0.3 is 0 Å². The van der Waals surface area contributed by atoms with E-state index in [1.807, 2.05) is 0 Å². The molecule has 9 aromatic carbocycles. The lowest BCUT2D eigenvalue weighted by Crippen LogP contribution is -2.68. The second-order valence-electron chi connectivity index (χ2n) is 18.1. The minimum atomic E-state index is -4.94. The number of pyridine rings is 2. The predicted molar refractivity (Wildman–Crippen MR) is 281 cm³/mol. The summed E-state index contributed by atoms with van der Waals surface area (Å²) < 4.78 is 72.5. The van der Waals surface area contributed by atoms with Crippen LogP contribution in [0.5, 0.6) is 0 Å². The van der Waals surface area contributed by atoms with Crippen molar-refractivity contribution in [2.24, 2.45) is 0 Å². The zero-order valence-corrected chi connectivity index (χ0v) is 43.4. The highest BCUT2D eigenvalue weighted by molar-refractivity contribution is 5.99. The van der Waals surface area contributed by atoms with Crippen LogP contribution >= 0.6 is 0 Å². The molecule has 2 aromatic heterocycles. The number of hydrogen-bond donors (Lipinski definition) is 0. The summed E-state index contributed by atoms with van der Waals surface area (Å²) in [4.78, 5) is 0. The molecule has 11 aromatic rings. The molecule has 0 radical (unpaired) electrons. The topological polar surface area (TPSA) is 192 Å². The van der Waals surface area contributed by atoms with E-state index in [-0.39, 0.29) is 0 Å². The van der Waals surface area contributed by atoms with Gasteiger partial charge in [0.15, 0.2) is 37.9 Å². The average Bonchev–Trinajstić information content (AvgIpc) is 3.58. The van der Waals surface area contributed by atoms with E-state index in [2.05, 4.69) is 289 Å². The molecule has 0 aliphatic heterocycles. The Balaban J connectivity index is 0.000000680. The molecule has 2 heterocycles. The van der Waals surface area contributed by atoms with Gasteiger partial charge in [0.05, 0.1) is 0 Å². The van der Waals surface area contributed by atoms with E-state index < -0.39 is 20.5 Å². The second-order valence-corrected chi connectivity index (χ2v) is 19.6. The van der Waals surface area contributed by atoms with Crippen LogP contribution in [0.15, 0.2) is 280 Å². The molecule has 0 amide bonds. The van der Waals surface area contributed by atoms with Gasteiger partial charge in [0.1, 0.15) is 0 Å².